The van der Waals surface area contributed by atoms with E-state index in [9.17, 15) is 0 Å². The summed E-state index contributed by atoms with van der Waals surface area (Å²) in [4.78, 5) is 6.85. The van der Waals surface area contributed by atoms with Crippen molar-refractivity contribution >= 4 is 11.6 Å². The van der Waals surface area contributed by atoms with Crippen LogP contribution in [-0.2, 0) is 21.5 Å². The summed E-state index contributed by atoms with van der Waals surface area (Å²) in [6.45, 7) is 4.88. The highest BCUT2D eigenvalue weighted by Gasteiger charge is 2.44. The third kappa shape index (κ3) is 2.50. The number of hydrogen-bond acceptors (Lipinski definition) is 5. The zero-order valence-corrected chi connectivity index (χ0v) is 13.6. The Labute approximate surface area is 135 Å². The molecule has 2 saturated heterocycles. The fourth-order valence-corrected chi connectivity index (χ4v) is 3.85. The molecule has 1 atom stereocenters. The lowest BCUT2D eigenvalue weighted by Crippen LogP contribution is -2.46. The normalized spacial score (nSPS) is 28.6. The maximum atomic E-state index is 6.23. The Kier molecular flexibility index (Phi) is 3.77. The minimum atomic E-state index is -0.423. The molecule has 0 radical (unpaired) electrons. The van der Waals surface area contributed by atoms with E-state index in [4.69, 9.17) is 25.8 Å². The predicted octanol–water partition coefficient (Wildman–Crippen LogP) is 1.86. The van der Waals surface area contributed by atoms with Gasteiger partial charge in [0.2, 0.25) is 0 Å². The maximum Gasteiger partial charge on any atom is 0.136 e. The summed E-state index contributed by atoms with van der Waals surface area (Å²) in [6.07, 6.45) is 1.65. The SMILES string of the molecule is CN1CC(COc2cc(Cl)nc3c2CCOC32CCOC2)C1. The summed E-state index contributed by atoms with van der Waals surface area (Å²) in [6, 6.07) is 1.84. The number of rotatable bonds is 3. The van der Waals surface area contributed by atoms with Crippen LogP contribution in [0.2, 0.25) is 5.15 Å². The average molecular weight is 325 g/mol. The van der Waals surface area contributed by atoms with Gasteiger partial charge < -0.3 is 19.1 Å². The number of fused-ring (bicyclic) bond motifs is 2. The fraction of sp³-hybridized carbons (Fsp3) is 0.688. The molecule has 3 aliphatic rings. The zero-order valence-electron chi connectivity index (χ0n) is 12.8. The zero-order chi connectivity index (χ0) is 15.2. The van der Waals surface area contributed by atoms with Crippen LogP contribution in [0, 0.1) is 5.92 Å². The quantitative estimate of drug-likeness (QED) is 0.794. The molecule has 120 valence electrons. The molecule has 1 aromatic heterocycles. The summed E-state index contributed by atoms with van der Waals surface area (Å²) < 4.78 is 17.7. The van der Waals surface area contributed by atoms with E-state index in [0.717, 1.165) is 49.5 Å². The van der Waals surface area contributed by atoms with Crippen LogP contribution in [0.3, 0.4) is 0 Å². The molecule has 0 N–H and O–H groups in total. The van der Waals surface area contributed by atoms with Crippen LogP contribution in [0.15, 0.2) is 6.07 Å². The van der Waals surface area contributed by atoms with Gasteiger partial charge in [-0.25, -0.2) is 4.98 Å². The van der Waals surface area contributed by atoms with E-state index in [1.54, 1.807) is 0 Å². The first-order chi connectivity index (χ1) is 10.7. The molecular weight excluding hydrogens is 304 g/mol. The Morgan fingerprint density at radius 3 is 3.05 bits per heavy atom. The average Bonchev–Trinajstić information content (AvgIpc) is 2.93. The molecule has 0 aromatic carbocycles. The molecule has 4 heterocycles. The number of likely N-dealkylation sites (tertiary alicyclic amines) is 1. The van der Waals surface area contributed by atoms with E-state index >= 15 is 0 Å². The molecule has 0 aliphatic carbocycles. The molecule has 0 bridgehead atoms. The van der Waals surface area contributed by atoms with Crippen molar-refractivity contribution in [3.8, 4) is 5.75 Å². The molecule has 1 aromatic rings. The van der Waals surface area contributed by atoms with Gasteiger partial charge in [0.1, 0.15) is 16.5 Å². The highest BCUT2D eigenvalue weighted by atomic mass is 35.5. The number of aromatic nitrogens is 1. The second-order valence-corrected chi connectivity index (χ2v) is 6.95. The standard InChI is InChI=1S/C16H21ClN2O3/c1-19-7-11(8-19)9-21-13-6-14(17)18-15-12(13)2-4-22-16(15)3-5-20-10-16/h6,11H,2-5,7-10H2,1H3. The van der Waals surface area contributed by atoms with Gasteiger partial charge in [0.15, 0.2) is 0 Å². The van der Waals surface area contributed by atoms with E-state index in [2.05, 4.69) is 16.9 Å². The second-order valence-electron chi connectivity index (χ2n) is 6.56. The molecule has 3 aliphatic heterocycles. The maximum absolute atomic E-state index is 6.23. The van der Waals surface area contributed by atoms with Gasteiger partial charge in [0, 0.05) is 50.1 Å². The highest BCUT2D eigenvalue weighted by Crippen LogP contribution is 2.42. The van der Waals surface area contributed by atoms with Crippen molar-refractivity contribution in [2.75, 3.05) is 46.6 Å². The minimum Gasteiger partial charge on any atom is -0.493 e. The summed E-state index contributed by atoms with van der Waals surface area (Å²) in [5.41, 5.74) is 1.64. The monoisotopic (exact) mass is 324 g/mol. The molecule has 6 heteroatoms. The molecule has 2 fully saturated rings. The van der Waals surface area contributed by atoms with Crippen molar-refractivity contribution in [1.29, 1.82) is 0 Å². The van der Waals surface area contributed by atoms with Crippen LogP contribution in [0.25, 0.3) is 0 Å². The minimum absolute atomic E-state index is 0.423. The number of nitrogens with zero attached hydrogens (tertiary/aromatic N) is 2. The van der Waals surface area contributed by atoms with E-state index in [0.29, 0.717) is 30.9 Å². The molecule has 1 unspecified atom stereocenters. The first kappa shape index (κ1) is 14.7. The van der Waals surface area contributed by atoms with E-state index in [-0.39, 0.29) is 0 Å². The van der Waals surface area contributed by atoms with Crippen molar-refractivity contribution in [3.05, 3.63) is 22.5 Å². The van der Waals surface area contributed by atoms with Gasteiger partial charge >= 0.3 is 0 Å². The number of hydrogen-bond donors (Lipinski definition) is 0. The molecule has 22 heavy (non-hydrogen) atoms. The van der Waals surface area contributed by atoms with Gasteiger partial charge in [-0.05, 0) is 7.05 Å². The smallest absolute Gasteiger partial charge is 0.136 e. The lowest BCUT2D eigenvalue weighted by Gasteiger charge is -2.37. The van der Waals surface area contributed by atoms with E-state index in [1.165, 1.54) is 0 Å². The van der Waals surface area contributed by atoms with Gasteiger partial charge in [-0.2, -0.15) is 0 Å². The highest BCUT2D eigenvalue weighted by molar-refractivity contribution is 6.29. The molecule has 0 saturated carbocycles. The molecule has 4 rings (SSSR count). The largest absolute Gasteiger partial charge is 0.493 e. The van der Waals surface area contributed by atoms with Crippen molar-refractivity contribution in [3.63, 3.8) is 0 Å². The van der Waals surface area contributed by atoms with Crippen molar-refractivity contribution in [1.82, 2.24) is 9.88 Å². The predicted molar refractivity (Wildman–Crippen MR) is 82.5 cm³/mol. The number of pyridine rings is 1. The van der Waals surface area contributed by atoms with Crippen molar-refractivity contribution in [2.24, 2.45) is 5.92 Å². The first-order valence-electron chi connectivity index (χ1n) is 7.89. The lowest BCUT2D eigenvalue weighted by molar-refractivity contribution is -0.0671. The summed E-state index contributed by atoms with van der Waals surface area (Å²) in [5, 5.41) is 0.469. The Hall–Kier alpha value is -0.880. The Morgan fingerprint density at radius 2 is 2.32 bits per heavy atom. The van der Waals surface area contributed by atoms with E-state index < -0.39 is 5.60 Å². The second kappa shape index (κ2) is 5.64. The first-order valence-corrected chi connectivity index (χ1v) is 8.27. The summed E-state index contributed by atoms with van der Waals surface area (Å²) >= 11 is 6.23. The third-order valence-electron chi connectivity index (χ3n) is 4.81. The van der Waals surface area contributed by atoms with Crippen molar-refractivity contribution < 1.29 is 14.2 Å². The molecular formula is C16H21ClN2O3. The Balaban J connectivity index is 1.60. The van der Waals surface area contributed by atoms with Gasteiger partial charge in [-0.1, -0.05) is 11.6 Å². The van der Waals surface area contributed by atoms with Gasteiger partial charge in [0.05, 0.1) is 25.5 Å². The summed E-state index contributed by atoms with van der Waals surface area (Å²) in [5.74, 6) is 1.48. The molecule has 0 amide bonds. The summed E-state index contributed by atoms with van der Waals surface area (Å²) in [7, 11) is 2.13. The number of ether oxygens (including phenoxy) is 3. The van der Waals surface area contributed by atoms with Crippen LogP contribution in [0.5, 0.6) is 5.75 Å². The van der Waals surface area contributed by atoms with Crippen LogP contribution >= 0.6 is 11.6 Å². The topological polar surface area (TPSA) is 43.8 Å². The number of halogens is 1. The van der Waals surface area contributed by atoms with Gasteiger partial charge in [0.25, 0.3) is 0 Å². The van der Waals surface area contributed by atoms with Crippen LogP contribution in [0.4, 0.5) is 0 Å². The van der Waals surface area contributed by atoms with Gasteiger partial charge in [-0.3, -0.25) is 0 Å². The van der Waals surface area contributed by atoms with Crippen LogP contribution in [-0.4, -0.2) is 56.4 Å². The molecule has 1 spiro atoms. The van der Waals surface area contributed by atoms with Crippen molar-refractivity contribution in [2.45, 2.75) is 18.4 Å². The fourth-order valence-electron chi connectivity index (χ4n) is 3.67. The van der Waals surface area contributed by atoms with Crippen LogP contribution < -0.4 is 4.74 Å². The Bertz CT molecular complexity index is 569. The van der Waals surface area contributed by atoms with Gasteiger partial charge in [-0.15, -0.1) is 0 Å². The molecule has 5 nitrogen and oxygen atoms in total. The lowest BCUT2D eigenvalue weighted by atomic mass is 9.90. The third-order valence-corrected chi connectivity index (χ3v) is 5.01. The Morgan fingerprint density at radius 1 is 1.45 bits per heavy atom. The van der Waals surface area contributed by atoms with Crippen LogP contribution in [0.1, 0.15) is 17.7 Å². The van der Waals surface area contributed by atoms with E-state index in [1.807, 2.05) is 6.07 Å².